The molecule has 0 bridgehead atoms. The molecule has 1 aromatic rings. The highest BCUT2D eigenvalue weighted by atomic mass is 127. The minimum Gasteiger partial charge on any atom is -0.364 e. The van der Waals surface area contributed by atoms with E-state index in [0.29, 0.717) is 6.42 Å². The number of benzene rings is 1. The van der Waals surface area contributed by atoms with Crippen LogP contribution in [0.5, 0.6) is 0 Å². The first-order valence-corrected chi connectivity index (χ1v) is 9.43. The van der Waals surface area contributed by atoms with Crippen LogP contribution in [0, 0.1) is 0 Å². The van der Waals surface area contributed by atoms with Crippen molar-refractivity contribution in [2.24, 2.45) is 4.99 Å². The first kappa shape index (κ1) is 21.5. The Hall–Kier alpha value is -1.77. The molecule has 2 aliphatic heterocycles. The summed E-state index contributed by atoms with van der Waals surface area (Å²) < 4.78 is 0. The average molecular weight is 483 g/mol. The number of anilines is 1. The van der Waals surface area contributed by atoms with Gasteiger partial charge in [-0.15, -0.1) is 24.0 Å². The van der Waals surface area contributed by atoms with E-state index in [1.165, 1.54) is 11.3 Å². The Morgan fingerprint density at radius 2 is 1.93 bits per heavy atom. The SMILES string of the molecule is CCC(=O)N1CCC(NC(=NC)NCc2ccc(N3CC=CC3)cc2)C1.I. The summed E-state index contributed by atoms with van der Waals surface area (Å²) in [7, 11) is 1.78. The Labute approximate surface area is 179 Å². The van der Waals surface area contributed by atoms with Crippen molar-refractivity contribution in [1.82, 2.24) is 15.5 Å². The summed E-state index contributed by atoms with van der Waals surface area (Å²) in [5.41, 5.74) is 2.48. The fourth-order valence-electron chi connectivity index (χ4n) is 3.42. The largest absolute Gasteiger partial charge is 0.364 e. The topological polar surface area (TPSA) is 60.0 Å². The van der Waals surface area contributed by atoms with E-state index in [4.69, 9.17) is 0 Å². The van der Waals surface area contributed by atoms with Gasteiger partial charge in [-0.25, -0.2) is 0 Å². The van der Waals surface area contributed by atoms with E-state index in [0.717, 1.165) is 45.1 Å². The quantitative estimate of drug-likeness (QED) is 0.292. The zero-order valence-corrected chi connectivity index (χ0v) is 18.5. The zero-order chi connectivity index (χ0) is 18.4. The monoisotopic (exact) mass is 483 g/mol. The van der Waals surface area contributed by atoms with Crippen molar-refractivity contribution in [3.05, 3.63) is 42.0 Å². The van der Waals surface area contributed by atoms with E-state index in [9.17, 15) is 4.79 Å². The normalized spacial score (nSPS) is 19.2. The van der Waals surface area contributed by atoms with Gasteiger partial charge in [-0.2, -0.15) is 0 Å². The molecule has 1 fully saturated rings. The van der Waals surface area contributed by atoms with E-state index >= 15 is 0 Å². The van der Waals surface area contributed by atoms with Gasteiger partial charge in [0, 0.05) is 57.9 Å². The zero-order valence-electron chi connectivity index (χ0n) is 16.1. The second-order valence-corrected chi connectivity index (χ2v) is 6.79. The van der Waals surface area contributed by atoms with Crippen LogP contribution in [0.4, 0.5) is 5.69 Å². The van der Waals surface area contributed by atoms with E-state index in [-0.39, 0.29) is 35.9 Å². The number of carbonyl (C=O) groups excluding carboxylic acids is 1. The first-order chi connectivity index (χ1) is 12.7. The summed E-state index contributed by atoms with van der Waals surface area (Å²) in [6.07, 6.45) is 5.93. The van der Waals surface area contributed by atoms with Crippen LogP contribution >= 0.6 is 24.0 Å². The third kappa shape index (κ3) is 5.85. The molecule has 0 spiro atoms. The fourth-order valence-corrected chi connectivity index (χ4v) is 3.42. The molecule has 1 amide bonds. The number of aliphatic imine (C=N–C) groups is 1. The van der Waals surface area contributed by atoms with Crippen molar-refractivity contribution in [3.8, 4) is 0 Å². The summed E-state index contributed by atoms with van der Waals surface area (Å²) in [6.45, 7) is 6.21. The minimum atomic E-state index is 0. The lowest BCUT2D eigenvalue weighted by Gasteiger charge is -2.19. The molecular weight excluding hydrogens is 453 g/mol. The van der Waals surface area contributed by atoms with Gasteiger partial charge < -0.3 is 20.4 Å². The molecule has 27 heavy (non-hydrogen) atoms. The molecule has 2 N–H and O–H groups in total. The number of carbonyl (C=O) groups is 1. The molecule has 0 aromatic heterocycles. The molecule has 1 saturated heterocycles. The van der Waals surface area contributed by atoms with Crippen LogP contribution in [0.15, 0.2) is 41.4 Å². The summed E-state index contributed by atoms with van der Waals surface area (Å²) in [6, 6.07) is 8.93. The lowest BCUT2D eigenvalue weighted by Crippen LogP contribution is -2.44. The first-order valence-electron chi connectivity index (χ1n) is 9.43. The molecule has 0 aliphatic carbocycles. The Bertz CT molecular complexity index is 665. The summed E-state index contributed by atoms with van der Waals surface area (Å²) in [5, 5.41) is 6.80. The van der Waals surface area contributed by atoms with Gasteiger partial charge >= 0.3 is 0 Å². The third-order valence-electron chi connectivity index (χ3n) is 4.99. The molecule has 1 unspecified atom stereocenters. The number of rotatable bonds is 5. The van der Waals surface area contributed by atoms with Crippen LogP contribution in [0.3, 0.4) is 0 Å². The lowest BCUT2D eigenvalue weighted by molar-refractivity contribution is -0.129. The van der Waals surface area contributed by atoms with E-state index in [2.05, 4.69) is 56.9 Å². The number of guanidine groups is 1. The van der Waals surface area contributed by atoms with Gasteiger partial charge in [-0.1, -0.05) is 31.2 Å². The molecule has 2 heterocycles. The Morgan fingerprint density at radius 3 is 2.56 bits per heavy atom. The molecule has 3 rings (SSSR count). The van der Waals surface area contributed by atoms with Gasteiger partial charge in [-0.05, 0) is 24.1 Å². The van der Waals surface area contributed by atoms with Crippen LogP contribution < -0.4 is 15.5 Å². The second kappa shape index (κ2) is 10.5. The molecule has 1 aromatic carbocycles. The Morgan fingerprint density at radius 1 is 1.22 bits per heavy atom. The van der Waals surface area contributed by atoms with Crippen LogP contribution in [-0.4, -0.2) is 56.0 Å². The van der Waals surface area contributed by atoms with Gasteiger partial charge in [0.25, 0.3) is 0 Å². The van der Waals surface area contributed by atoms with Gasteiger partial charge in [-0.3, -0.25) is 9.79 Å². The highest BCUT2D eigenvalue weighted by Crippen LogP contribution is 2.17. The molecule has 0 radical (unpaired) electrons. The van der Waals surface area contributed by atoms with Crippen molar-refractivity contribution in [3.63, 3.8) is 0 Å². The smallest absolute Gasteiger partial charge is 0.222 e. The predicted molar refractivity (Wildman–Crippen MR) is 122 cm³/mol. The fraction of sp³-hybridized carbons (Fsp3) is 0.500. The highest BCUT2D eigenvalue weighted by Gasteiger charge is 2.25. The lowest BCUT2D eigenvalue weighted by atomic mass is 10.2. The standard InChI is InChI=1S/C20H29N5O.HI/c1-3-19(26)25-13-10-17(15-25)23-20(21-2)22-14-16-6-8-18(9-7-16)24-11-4-5-12-24;/h4-9,17H,3,10-15H2,1-2H3,(H2,21,22,23);1H. The second-order valence-electron chi connectivity index (χ2n) is 6.79. The molecule has 7 heteroatoms. The summed E-state index contributed by atoms with van der Waals surface area (Å²) in [5.74, 6) is 1.01. The Balaban J connectivity index is 0.00000261. The molecule has 2 aliphatic rings. The Kier molecular flexibility index (Phi) is 8.40. The summed E-state index contributed by atoms with van der Waals surface area (Å²) in [4.78, 5) is 20.4. The van der Waals surface area contributed by atoms with E-state index < -0.39 is 0 Å². The van der Waals surface area contributed by atoms with Crippen molar-refractivity contribution < 1.29 is 4.79 Å². The number of likely N-dealkylation sites (tertiary alicyclic amines) is 1. The van der Waals surface area contributed by atoms with Gasteiger partial charge in [0.05, 0.1) is 0 Å². The third-order valence-corrected chi connectivity index (χ3v) is 4.99. The van der Waals surface area contributed by atoms with Crippen LogP contribution in [0.2, 0.25) is 0 Å². The van der Waals surface area contributed by atoms with Gasteiger partial charge in [0.15, 0.2) is 5.96 Å². The van der Waals surface area contributed by atoms with Crippen LogP contribution in [0.25, 0.3) is 0 Å². The van der Waals surface area contributed by atoms with Crippen LogP contribution in [0.1, 0.15) is 25.3 Å². The highest BCUT2D eigenvalue weighted by molar-refractivity contribution is 14.0. The van der Waals surface area contributed by atoms with Gasteiger partial charge in [0.1, 0.15) is 0 Å². The molecule has 148 valence electrons. The number of amides is 1. The number of halogens is 1. The van der Waals surface area contributed by atoms with Crippen molar-refractivity contribution in [1.29, 1.82) is 0 Å². The molecule has 0 saturated carbocycles. The number of nitrogens with one attached hydrogen (secondary N) is 2. The molecule has 1 atom stereocenters. The maximum atomic E-state index is 11.8. The minimum absolute atomic E-state index is 0. The van der Waals surface area contributed by atoms with Crippen molar-refractivity contribution in [2.75, 3.05) is 38.1 Å². The summed E-state index contributed by atoms with van der Waals surface area (Å²) >= 11 is 0. The number of nitrogens with zero attached hydrogens (tertiary/aromatic N) is 3. The number of hydrogen-bond acceptors (Lipinski definition) is 3. The maximum Gasteiger partial charge on any atom is 0.222 e. The maximum absolute atomic E-state index is 11.8. The van der Waals surface area contributed by atoms with Crippen molar-refractivity contribution >= 4 is 41.5 Å². The van der Waals surface area contributed by atoms with Gasteiger partial charge in [0.2, 0.25) is 5.91 Å². The van der Waals surface area contributed by atoms with E-state index in [1.807, 2.05) is 11.8 Å². The average Bonchev–Trinajstić information content (AvgIpc) is 3.37. The van der Waals surface area contributed by atoms with Crippen molar-refractivity contribution in [2.45, 2.75) is 32.4 Å². The van der Waals surface area contributed by atoms with Crippen LogP contribution in [-0.2, 0) is 11.3 Å². The molecule has 6 nitrogen and oxygen atoms in total. The molecular formula is C20H30IN5O. The number of hydrogen-bond donors (Lipinski definition) is 2. The predicted octanol–water partition coefficient (Wildman–Crippen LogP) is 2.36. The van der Waals surface area contributed by atoms with E-state index in [1.54, 1.807) is 7.05 Å².